The van der Waals surface area contributed by atoms with Gasteiger partial charge in [-0.25, -0.2) is 4.98 Å². The van der Waals surface area contributed by atoms with Gasteiger partial charge in [-0.3, -0.25) is 19.9 Å². The first-order valence-corrected chi connectivity index (χ1v) is 6.37. The predicted octanol–water partition coefficient (Wildman–Crippen LogP) is 2.53. The van der Waals surface area contributed by atoms with Gasteiger partial charge in [0.05, 0.1) is 16.5 Å². The lowest BCUT2D eigenvalue weighted by molar-refractivity contribution is -0.385. The highest BCUT2D eigenvalue weighted by Crippen LogP contribution is 2.20. The Bertz CT molecular complexity index is 678. The fourth-order valence-electron chi connectivity index (χ4n) is 1.69. The van der Waals surface area contributed by atoms with Gasteiger partial charge in [0.1, 0.15) is 11.3 Å². The Morgan fingerprint density at radius 2 is 2.24 bits per heavy atom. The van der Waals surface area contributed by atoms with Crippen molar-refractivity contribution < 1.29 is 9.72 Å². The molecule has 1 unspecified atom stereocenters. The predicted molar refractivity (Wildman–Crippen MR) is 76.0 cm³/mol. The number of nitrogens with zero attached hydrogens (tertiary/aromatic N) is 3. The van der Waals surface area contributed by atoms with Gasteiger partial charge in [-0.2, -0.15) is 0 Å². The van der Waals surface area contributed by atoms with Crippen molar-refractivity contribution in [3.63, 3.8) is 0 Å². The fraction of sp³-hybridized carbons (Fsp3) is 0.154. The van der Waals surface area contributed by atoms with E-state index in [-0.39, 0.29) is 22.4 Å². The first-order chi connectivity index (χ1) is 9.99. The van der Waals surface area contributed by atoms with Gasteiger partial charge >= 0.3 is 0 Å². The third-order valence-corrected chi connectivity index (χ3v) is 3.11. The van der Waals surface area contributed by atoms with Crippen LogP contribution in [0.3, 0.4) is 0 Å². The molecule has 1 N–H and O–H groups in total. The van der Waals surface area contributed by atoms with E-state index in [1.807, 2.05) is 6.07 Å². The first kappa shape index (κ1) is 14.9. The molecular weight excluding hydrogens is 296 g/mol. The summed E-state index contributed by atoms with van der Waals surface area (Å²) < 4.78 is 0. The summed E-state index contributed by atoms with van der Waals surface area (Å²) >= 11 is 5.82. The molecule has 7 nitrogen and oxygen atoms in total. The van der Waals surface area contributed by atoms with E-state index < -0.39 is 10.8 Å². The van der Waals surface area contributed by atoms with Gasteiger partial charge in [0, 0.05) is 18.5 Å². The van der Waals surface area contributed by atoms with Gasteiger partial charge in [-0.15, -0.1) is 0 Å². The van der Waals surface area contributed by atoms with Gasteiger partial charge in [0.25, 0.3) is 11.6 Å². The second-order valence-corrected chi connectivity index (χ2v) is 4.63. The number of rotatable bonds is 4. The highest BCUT2D eigenvalue weighted by Gasteiger charge is 2.19. The van der Waals surface area contributed by atoms with Gasteiger partial charge in [-0.1, -0.05) is 17.7 Å². The number of aromatic nitrogens is 2. The van der Waals surface area contributed by atoms with Crippen LogP contribution in [0.25, 0.3) is 0 Å². The first-order valence-electron chi connectivity index (χ1n) is 5.99. The largest absolute Gasteiger partial charge is 0.345 e. The second kappa shape index (κ2) is 6.27. The molecule has 8 heteroatoms. The molecule has 0 aliphatic heterocycles. The average Bonchev–Trinajstić information content (AvgIpc) is 2.48. The number of halogens is 1. The number of carbonyl (C=O) groups is 1. The molecule has 1 amide bonds. The van der Waals surface area contributed by atoms with Crippen molar-refractivity contribution in [3.8, 4) is 0 Å². The number of hydrogen-bond acceptors (Lipinski definition) is 5. The third-order valence-electron chi connectivity index (χ3n) is 2.81. The molecule has 0 radical (unpaired) electrons. The normalized spacial score (nSPS) is 11.7. The van der Waals surface area contributed by atoms with Gasteiger partial charge in [0.15, 0.2) is 0 Å². The lowest BCUT2D eigenvalue weighted by Crippen LogP contribution is -2.27. The minimum absolute atomic E-state index is 0.0402. The van der Waals surface area contributed by atoms with Crippen LogP contribution in [0, 0.1) is 10.1 Å². The zero-order valence-corrected chi connectivity index (χ0v) is 11.7. The Labute approximate surface area is 125 Å². The van der Waals surface area contributed by atoms with Crippen LogP contribution in [0.15, 0.2) is 36.8 Å². The van der Waals surface area contributed by atoms with Gasteiger partial charge in [-0.05, 0) is 18.6 Å². The molecule has 0 saturated carbocycles. The molecule has 0 bridgehead atoms. The van der Waals surface area contributed by atoms with Crippen molar-refractivity contribution in [2.24, 2.45) is 0 Å². The number of hydrogen-bond donors (Lipinski definition) is 1. The smallest absolute Gasteiger partial charge is 0.288 e. The van der Waals surface area contributed by atoms with E-state index in [0.717, 1.165) is 17.8 Å². The minimum Gasteiger partial charge on any atom is -0.345 e. The average molecular weight is 307 g/mol. The molecule has 0 aliphatic rings. The molecule has 2 aromatic heterocycles. The summed E-state index contributed by atoms with van der Waals surface area (Å²) in [5.41, 5.74) is 0.473. The highest BCUT2D eigenvalue weighted by atomic mass is 35.5. The fourth-order valence-corrected chi connectivity index (χ4v) is 1.88. The summed E-state index contributed by atoms with van der Waals surface area (Å²) in [6.07, 6.45) is 4.25. The van der Waals surface area contributed by atoms with E-state index in [2.05, 4.69) is 15.3 Å². The summed E-state index contributed by atoms with van der Waals surface area (Å²) in [5, 5.41) is 13.3. The van der Waals surface area contributed by atoms with Gasteiger partial charge < -0.3 is 5.32 Å². The number of nitrogens with one attached hydrogen (secondary N) is 1. The van der Waals surface area contributed by atoms with Crippen LogP contribution in [0.4, 0.5) is 5.69 Å². The maximum Gasteiger partial charge on any atom is 0.288 e. The summed E-state index contributed by atoms with van der Waals surface area (Å²) in [6, 6.07) is 4.34. The Kier molecular flexibility index (Phi) is 4.44. The van der Waals surface area contributed by atoms with Crippen LogP contribution in [0.5, 0.6) is 0 Å². The minimum atomic E-state index is -0.634. The SMILES string of the molecule is CC(NC(=O)c1cc([N+](=O)[O-])cnc1Cl)c1cccnc1. The quantitative estimate of drug-likeness (QED) is 0.531. The summed E-state index contributed by atoms with van der Waals surface area (Å²) in [6.45, 7) is 1.77. The van der Waals surface area contributed by atoms with Crippen LogP contribution >= 0.6 is 11.6 Å². The Hall–Kier alpha value is -2.54. The zero-order valence-electron chi connectivity index (χ0n) is 11.0. The molecule has 1 atom stereocenters. The van der Waals surface area contributed by atoms with E-state index in [0.29, 0.717) is 0 Å². The van der Waals surface area contributed by atoms with Crippen LogP contribution in [0.1, 0.15) is 28.9 Å². The van der Waals surface area contributed by atoms with E-state index in [9.17, 15) is 14.9 Å². The van der Waals surface area contributed by atoms with Crippen molar-refractivity contribution in [1.29, 1.82) is 0 Å². The second-order valence-electron chi connectivity index (χ2n) is 4.27. The van der Waals surface area contributed by atoms with Crippen LogP contribution in [0.2, 0.25) is 5.15 Å². The van der Waals surface area contributed by atoms with Crippen molar-refractivity contribution >= 4 is 23.2 Å². The summed E-state index contributed by atoms with van der Waals surface area (Å²) in [5.74, 6) is -0.535. The van der Waals surface area contributed by atoms with E-state index in [1.165, 1.54) is 0 Å². The molecule has 0 fully saturated rings. The van der Waals surface area contributed by atoms with Crippen LogP contribution in [-0.2, 0) is 0 Å². The third kappa shape index (κ3) is 3.51. The molecule has 0 spiro atoms. The molecular formula is C13H11ClN4O3. The summed E-state index contributed by atoms with van der Waals surface area (Å²) in [4.78, 5) is 29.8. The number of carbonyl (C=O) groups excluding carboxylic acids is 1. The van der Waals surface area contributed by atoms with Crippen molar-refractivity contribution in [2.75, 3.05) is 0 Å². The highest BCUT2D eigenvalue weighted by molar-refractivity contribution is 6.32. The van der Waals surface area contributed by atoms with Gasteiger partial charge in [0.2, 0.25) is 0 Å². The Morgan fingerprint density at radius 1 is 1.48 bits per heavy atom. The number of pyridine rings is 2. The number of amides is 1. The van der Waals surface area contributed by atoms with Crippen LogP contribution < -0.4 is 5.32 Å². The Morgan fingerprint density at radius 3 is 2.86 bits per heavy atom. The monoisotopic (exact) mass is 306 g/mol. The molecule has 0 saturated heterocycles. The number of nitro groups is 1. The summed E-state index contributed by atoms with van der Waals surface area (Å²) in [7, 11) is 0. The Balaban J connectivity index is 2.21. The molecule has 2 heterocycles. The molecule has 2 aromatic rings. The van der Waals surface area contributed by atoms with Crippen molar-refractivity contribution in [2.45, 2.75) is 13.0 Å². The van der Waals surface area contributed by atoms with E-state index in [1.54, 1.807) is 25.4 Å². The molecule has 108 valence electrons. The standard InChI is InChI=1S/C13H11ClN4O3/c1-8(9-3-2-4-15-6-9)17-13(19)11-5-10(18(20)21)7-16-12(11)14/h2-8H,1H3,(H,17,19). The molecule has 2 rings (SSSR count). The topological polar surface area (TPSA) is 98.0 Å². The lowest BCUT2D eigenvalue weighted by Gasteiger charge is -2.14. The van der Waals surface area contributed by atoms with E-state index >= 15 is 0 Å². The van der Waals surface area contributed by atoms with Crippen molar-refractivity contribution in [1.82, 2.24) is 15.3 Å². The van der Waals surface area contributed by atoms with Crippen molar-refractivity contribution in [3.05, 3.63) is 63.2 Å². The molecule has 21 heavy (non-hydrogen) atoms. The molecule has 0 aromatic carbocycles. The molecule has 0 aliphatic carbocycles. The maximum absolute atomic E-state index is 12.1. The van der Waals surface area contributed by atoms with Crippen LogP contribution in [-0.4, -0.2) is 20.8 Å². The lowest BCUT2D eigenvalue weighted by atomic mass is 10.1. The zero-order chi connectivity index (χ0) is 15.4. The maximum atomic E-state index is 12.1. The van der Waals surface area contributed by atoms with E-state index in [4.69, 9.17) is 11.6 Å².